The van der Waals surface area contributed by atoms with Crippen molar-refractivity contribution in [3.05, 3.63) is 86.0 Å². The number of nitro groups is 1. The monoisotopic (exact) mass is 330 g/mol. The number of nitro benzene ring substituents is 1. The van der Waals surface area contributed by atoms with E-state index in [-0.39, 0.29) is 12.2 Å². The number of halogens is 1. The summed E-state index contributed by atoms with van der Waals surface area (Å²) in [5.41, 5.74) is 0.430. The standard InChI is InChI=1S/C15H11ClN4O3/c16-12-6-2-4-8-14(12)19-15(21)18(10-17-19)9-11-5-1-3-7-13(11)20(22)23/h1-8,10H,9H2. The molecule has 0 amide bonds. The normalized spacial score (nSPS) is 10.7. The van der Waals surface area contributed by atoms with E-state index in [1.807, 2.05) is 0 Å². The Morgan fingerprint density at radius 1 is 1.13 bits per heavy atom. The summed E-state index contributed by atoms with van der Waals surface area (Å²) in [5.74, 6) is 0. The Kier molecular flexibility index (Phi) is 3.94. The van der Waals surface area contributed by atoms with E-state index in [0.29, 0.717) is 16.3 Å². The molecule has 3 rings (SSSR count). The number of benzene rings is 2. The number of aromatic nitrogens is 3. The van der Waals surface area contributed by atoms with Crippen molar-refractivity contribution in [1.82, 2.24) is 14.3 Å². The zero-order valence-corrected chi connectivity index (χ0v) is 12.6. The quantitative estimate of drug-likeness (QED) is 0.544. The van der Waals surface area contributed by atoms with Gasteiger partial charge >= 0.3 is 5.69 Å². The van der Waals surface area contributed by atoms with E-state index < -0.39 is 10.6 Å². The molecular weight excluding hydrogens is 320 g/mol. The van der Waals surface area contributed by atoms with Crippen LogP contribution >= 0.6 is 11.6 Å². The maximum absolute atomic E-state index is 12.4. The molecule has 0 radical (unpaired) electrons. The predicted molar refractivity (Wildman–Crippen MR) is 85.0 cm³/mol. The van der Waals surface area contributed by atoms with Crippen molar-refractivity contribution in [3.63, 3.8) is 0 Å². The van der Waals surface area contributed by atoms with E-state index in [0.717, 1.165) is 4.68 Å². The summed E-state index contributed by atoms with van der Waals surface area (Å²) in [6.45, 7) is 0.0560. The second-order valence-corrected chi connectivity index (χ2v) is 5.20. The van der Waals surface area contributed by atoms with Crippen LogP contribution in [-0.4, -0.2) is 19.3 Å². The smallest absolute Gasteiger partial charge is 0.276 e. The van der Waals surface area contributed by atoms with Crippen molar-refractivity contribution in [2.24, 2.45) is 0 Å². The van der Waals surface area contributed by atoms with Crippen LogP contribution in [0.2, 0.25) is 5.02 Å². The lowest BCUT2D eigenvalue weighted by molar-refractivity contribution is -0.385. The summed E-state index contributed by atoms with van der Waals surface area (Å²) in [6, 6.07) is 13.1. The molecule has 0 atom stereocenters. The fraction of sp³-hybridized carbons (Fsp3) is 0.0667. The van der Waals surface area contributed by atoms with Gasteiger partial charge < -0.3 is 0 Å². The fourth-order valence-corrected chi connectivity index (χ4v) is 2.45. The molecule has 23 heavy (non-hydrogen) atoms. The van der Waals surface area contributed by atoms with Gasteiger partial charge in [-0.2, -0.15) is 9.78 Å². The number of hydrogen-bond donors (Lipinski definition) is 0. The van der Waals surface area contributed by atoms with Crippen LogP contribution in [0.5, 0.6) is 0 Å². The Balaban J connectivity index is 2.00. The zero-order chi connectivity index (χ0) is 16.4. The highest BCUT2D eigenvalue weighted by Gasteiger charge is 2.15. The van der Waals surface area contributed by atoms with Crippen LogP contribution in [0.15, 0.2) is 59.7 Å². The molecule has 1 heterocycles. The summed E-state index contributed by atoms with van der Waals surface area (Å²) < 4.78 is 2.46. The van der Waals surface area contributed by atoms with E-state index in [9.17, 15) is 14.9 Å². The third kappa shape index (κ3) is 2.86. The number of hydrogen-bond acceptors (Lipinski definition) is 4. The first-order valence-corrected chi connectivity index (χ1v) is 7.07. The Labute approximate surface area is 135 Å². The third-order valence-electron chi connectivity index (χ3n) is 3.34. The molecule has 116 valence electrons. The van der Waals surface area contributed by atoms with E-state index in [4.69, 9.17) is 11.6 Å². The van der Waals surface area contributed by atoms with Crippen molar-refractivity contribution in [2.75, 3.05) is 0 Å². The van der Waals surface area contributed by atoms with Crippen molar-refractivity contribution in [1.29, 1.82) is 0 Å². The highest BCUT2D eigenvalue weighted by Crippen LogP contribution is 2.19. The molecule has 3 aromatic rings. The van der Waals surface area contributed by atoms with Gasteiger partial charge in [-0.1, -0.05) is 41.9 Å². The van der Waals surface area contributed by atoms with Crippen molar-refractivity contribution in [3.8, 4) is 5.69 Å². The van der Waals surface area contributed by atoms with Crippen molar-refractivity contribution in [2.45, 2.75) is 6.54 Å². The lowest BCUT2D eigenvalue weighted by Gasteiger charge is -2.03. The highest BCUT2D eigenvalue weighted by molar-refractivity contribution is 6.32. The van der Waals surface area contributed by atoms with Gasteiger partial charge in [0.15, 0.2) is 0 Å². The topological polar surface area (TPSA) is 83.0 Å². The lowest BCUT2D eigenvalue weighted by Crippen LogP contribution is -2.24. The van der Waals surface area contributed by atoms with E-state index in [1.54, 1.807) is 42.5 Å². The average molecular weight is 331 g/mol. The van der Waals surface area contributed by atoms with Gasteiger partial charge in [0.25, 0.3) is 5.69 Å². The second-order valence-electron chi connectivity index (χ2n) is 4.79. The van der Waals surface area contributed by atoms with Crippen LogP contribution in [0.25, 0.3) is 5.69 Å². The molecule has 0 saturated heterocycles. The summed E-state index contributed by atoms with van der Waals surface area (Å²) in [4.78, 5) is 23.0. The van der Waals surface area contributed by atoms with Crippen LogP contribution in [0.1, 0.15) is 5.56 Å². The molecule has 0 saturated carbocycles. The van der Waals surface area contributed by atoms with Gasteiger partial charge in [-0.05, 0) is 12.1 Å². The zero-order valence-electron chi connectivity index (χ0n) is 11.8. The minimum absolute atomic E-state index is 0.0371. The van der Waals surface area contributed by atoms with Gasteiger partial charge in [0.1, 0.15) is 6.33 Å². The predicted octanol–water partition coefficient (Wildman–Crippen LogP) is 2.64. The fourth-order valence-electron chi connectivity index (χ4n) is 2.24. The van der Waals surface area contributed by atoms with Crippen LogP contribution in [0.4, 0.5) is 5.69 Å². The van der Waals surface area contributed by atoms with Crippen molar-refractivity contribution >= 4 is 17.3 Å². The summed E-state index contributed by atoms with van der Waals surface area (Å²) >= 11 is 6.07. The first kappa shape index (κ1) is 15.0. The van der Waals surface area contributed by atoms with Gasteiger partial charge in [0.05, 0.1) is 22.2 Å². The van der Waals surface area contributed by atoms with Crippen LogP contribution < -0.4 is 5.69 Å². The Bertz CT molecular complexity index is 932. The average Bonchev–Trinajstić information content (AvgIpc) is 2.89. The molecule has 8 heteroatoms. The largest absolute Gasteiger partial charge is 0.350 e. The summed E-state index contributed by atoms with van der Waals surface area (Å²) in [6.07, 6.45) is 1.34. The number of para-hydroxylation sites is 2. The molecule has 0 bridgehead atoms. The highest BCUT2D eigenvalue weighted by atomic mass is 35.5. The maximum Gasteiger partial charge on any atom is 0.350 e. The van der Waals surface area contributed by atoms with Gasteiger partial charge in [0.2, 0.25) is 0 Å². The molecule has 0 unspecified atom stereocenters. The van der Waals surface area contributed by atoms with Gasteiger partial charge in [0, 0.05) is 11.6 Å². The first-order valence-electron chi connectivity index (χ1n) is 6.69. The molecule has 0 aliphatic rings. The SMILES string of the molecule is O=c1n(Cc2ccccc2[N+](=O)[O-])cnn1-c1ccccc1Cl. The molecule has 2 aromatic carbocycles. The van der Waals surface area contributed by atoms with E-state index >= 15 is 0 Å². The Morgan fingerprint density at radius 2 is 1.83 bits per heavy atom. The third-order valence-corrected chi connectivity index (χ3v) is 3.66. The molecule has 0 spiro atoms. The summed E-state index contributed by atoms with van der Waals surface area (Å²) in [7, 11) is 0. The van der Waals surface area contributed by atoms with Crippen LogP contribution in [0.3, 0.4) is 0 Å². The lowest BCUT2D eigenvalue weighted by atomic mass is 10.2. The molecular formula is C15H11ClN4O3. The van der Waals surface area contributed by atoms with Gasteiger partial charge in [-0.3, -0.25) is 14.7 Å². The van der Waals surface area contributed by atoms with Gasteiger partial charge in [-0.15, -0.1) is 0 Å². The molecule has 0 fully saturated rings. The Morgan fingerprint density at radius 3 is 2.57 bits per heavy atom. The minimum Gasteiger partial charge on any atom is -0.276 e. The minimum atomic E-state index is -0.473. The maximum atomic E-state index is 12.4. The molecule has 0 aliphatic heterocycles. The van der Waals surface area contributed by atoms with Crippen LogP contribution in [0, 0.1) is 10.1 Å². The molecule has 0 N–H and O–H groups in total. The molecule has 0 aliphatic carbocycles. The molecule has 7 nitrogen and oxygen atoms in total. The van der Waals surface area contributed by atoms with E-state index in [1.165, 1.54) is 17.0 Å². The first-order chi connectivity index (χ1) is 11.1. The van der Waals surface area contributed by atoms with Crippen LogP contribution in [-0.2, 0) is 6.54 Å². The Hall–Kier alpha value is -2.93. The molecule has 1 aromatic heterocycles. The second kappa shape index (κ2) is 6.05. The van der Waals surface area contributed by atoms with E-state index in [2.05, 4.69) is 5.10 Å². The van der Waals surface area contributed by atoms with Gasteiger partial charge in [-0.25, -0.2) is 4.79 Å². The summed E-state index contributed by atoms with van der Waals surface area (Å²) in [5, 5.41) is 15.5. The number of rotatable bonds is 4. The number of nitrogens with zero attached hydrogens (tertiary/aromatic N) is 4. The van der Waals surface area contributed by atoms with Crippen molar-refractivity contribution < 1.29 is 4.92 Å².